The lowest BCUT2D eigenvalue weighted by molar-refractivity contribution is -0.107. The summed E-state index contributed by atoms with van der Waals surface area (Å²) in [7, 11) is 2.17. The van der Waals surface area contributed by atoms with Crippen molar-refractivity contribution < 1.29 is 5.11 Å². The highest BCUT2D eigenvalue weighted by atomic mass is 16.3. The molecule has 0 aromatic rings. The summed E-state index contributed by atoms with van der Waals surface area (Å²) in [5, 5.41) is 8.66. The molecule has 2 aliphatic heterocycles. The summed E-state index contributed by atoms with van der Waals surface area (Å²) in [6.07, 6.45) is 0. The van der Waals surface area contributed by atoms with Gasteiger partial charge < -0.3 is 10.0 Å². The van der Waals surface area contributed by atoms with Crippen molar-refractivity contribution in [3.8, 4) is 0 Å². The van der Waals surface area contributed by atoms with Gasteiger partial charge in [0.05, 0.1) is 6.61 Å². The van der Waals surface area contributed by atoms with Crippen LogP contribution in [0.3, 0.4) is 0 Å². The standard InChI is InChI=1S/C8H16N2O.C2H6/c1-9-4-8(5-9)6-10(7-8)2-3-11;1-2/h11H,2-7H2,1H3;1-2H3. The second kappa shape index (κ2) is 4.40. The molecule has 0 aromatic carbocycles. The second-order valence-corrected chi connectivity index (χ2v) is 4.11. The third-order valence-corrected chi connectivity index (χ3v) is 2.74. The van der Waals surface area contributed by atoms with Gasteiger partial charge >= 0.3 is 0 Å². The first kappa shape index (κ1) is 11.0. The Morgan fingerprint density at radius 3 is 2.08 bits per heavy atom. The molecule has 2 aliphatic rings. The number of hydrogen-bond acceptors (Lipinski definition) is 3. The van der Waals surface area contributed by atoms with E-state index in [4.69, 9.17) is 5.11 Å². The zero-order chi connectivity index (χ0) is 9.90. The minimum atomic E-state index is 0.311. The van der Waals surface area contributed by atoms with Crippen molar-refractivity contribution in [3.05, 3.63) is 0 Å². The Morgan fingerprint density at radius 2 is 1.69 bits per heavy atom. The van der Waals surface area contributed by atoms with Gasteiger partial charge in [0.15, 0.2) is 0 Å². The van der Waals surface area contributed by atoms with Crippen LogP contribution in [0.15, 0.2) is 0 Å². The van der Waals surface area contributed by atoms with Crippen LogP contribution in [-0.2, 0) is 0 Å². The predicted octanol–water partition coefficient (Wildman–Crippen LogP) is 0.252. The van der Waals surface area contributed by atoms with Gasteiger partial charge in [0.1, 0.15) is 0 Å². The minimum Gasteiger partial charge on any atom is -0.395 e. The van der Waals surface area contributed by atoms with Gasteiger partial charge in [0, 0.05) is 38.1 Å². The summed E-state index contributed by atoms with van der Waals surface area (Å²) < 4.78 is 0. The Balaban J connectivity index is 0.000000396. The summed E-state index contributed by atoms with van der Waals surface area (Å²) in [4.78, 5) is 4.68. The second-order valence-electron chi connectivity index (χ2n) is 4.11. The topological polar surface area (TPSA) is 26.7 Å². The van der Waals surface area contributed by atoms with E-state index < -0.39 is 0 Å². The maximum Gasteiger partial charge on any atom is 0.0558 e. The maximum atomic E-state index is 8.66. The van der Waals surface area contributed by atoms with E-state index in [0.29, 0.717) is 12.0 Å². The van der Waals surface area contributed by atoms with Gasteiger partial charge in [0.2, 0.25) is 0 Å². The number of likely N-dealkylation sites (tertiary alicyclic amines) is 2. The minimum absolute atomic E-state index is 0.311. The Kier molecular flexibility index (Phi) is 3.71. The van der Waals surface area contributed by atoms with Crippen LogP contribution in [0.5, 0.6) is 0 Å². The van der Waals surface area contributed by atoms with Crippen molar-refractivity contribution in [2.45, 2.75) is 13.8 Å². The first-order valence-corrected chi connectivity index (χ1v) is 5.26. The van der Waals surface area contributed by atoms with Crippen molar-refractivity contribution in [1.29, 1.82) is 0 Å². The van der Waals surface area contributed by atoms with Crippen LogP contribution < -0.4 is 0 Å². The molecule has 0 saturated carbocycles. The lowest BCUT2D eigenvalue weighted by atomic mass is 9.73. The fourth-order valence-corrected chi connectivity index (χ4v) is 2.50. The van der Waals surface area contributed by atoms with Gasteiger partial charge in [-0.2, -0.15) is 0 Å². The van der Waals surface area contributed by atoms with E-state index >= 15 is 0 Å². The van der Waals surface area contributed by atoms with Crippen molar-refractivity contribution in [1.82, 2.24) is 9.80 Å². The molecule has 0 aromatic heterocycles. The molecule has 78 valence electrons. The summed E-state index contributed by atoms with van der Waals surface area (Å²) >= 11 is 0. The molecule has 1 N–H and O–H groups in total. The van der Waals surface area contributed by atoms with Gasteiger partial charge in [0.25, 0.3) is 0 Å². The largest absolute Gasteiger partial charge is 0.395 e. The number of hydrogen-bond donors (Lipinski definition) is 1. The van der Waals surface area contributed by atoms with Gasteiger partial charge in [-0.15, -0.1) is 0 Å². The van der Waals surface area contributed by atoms with Gasteiger partial charge in [-0.1, -0.05) is 13.8 Å². The molecule has 2 rings (SSSR count). The fourth-order valence-electron chi connectivity index (χ4n) is 2.50. The fraction of sp³-hybridized carbons (Fsp3) is 1.00. The molecule has 0 radical (unpaired) electrons. The third-order valence-electron chi connectivity index (χ3n) is 2.74. The van der Waals surface area contributed by atoms with Crippen LogP contribution in [-0.4, -0.2) is 61.3 Å². The zero-order valence-corrected chi connectivity index (χ0v) is 9.08. The molecule has 2 fully saturated rings. The van der Waals surface area contributed by atoms with E-state index in [9.17, 15) is 0 Å². The Morgan fingerprint density at radius 1 is 1.15 bits per heavy atom. The van der Waals surface area contributed by atoms with Crippen LogP contribution in [0, 0.1) is 5.41 Å². The van der Waals surface area contributed by atoms with Crippen LogP contribution in [0.25, 0.3) is 0 Å². The van der Waals surface area contributed by atoms with E-state index in [0.717, 1.165) is 6.54 Å². The average Bonchev–Trinajstić information content (AvgIpc) is 2.02. The number of rotatable bonds is 2. The molecule has 0 aliphatic carbocycles. The Hall–Kier alpha value is -0.120. The number of nitrogens with zero attached hydrogens (tertiary/aromatic N) is 2. The van der Waals surface area contributed by atoms with Crippen molar-refractivity contribution in [3.63, 3.8) is 0 Å². The van der Waals surface area contributed by atoms with Crippen LogP contribution in [0.1, 0.15) is 13.8 Å². The van der Waals surface area contributed by atoms with Crippen LogP contribution >= 0.6 is 0 Å². The molecule has 0 amide bonds. The zero-order valence-electron chi connectivity index (χ0n) is 9.08. The third kappa shape index (κ3) is 2.22. The molecule has 2 heterocycles. The summed E-state index contributed by atoms with van der Waals surface area (Å²) in [5.74, 6) is 0. The van der Waals surface area contributed by atoms with Gasteiger partial charge in [-0.3, -0.25) is 4.90 Å². The van der Waals surface area contributed by atoms with Crippen molar-refractivity contribution in [2.24, 2.45) is 5.41 Å². The molecule has 0 bridgehead atoms. The molecular formula is C10H22N2O. The number of aliphatic hydroxyl groups is 1. The van der Waals surface area contributed by atoms with Crippen molar-refractivity contribution >= 4 is 0 Å². The summed E-state index contributed by atoms with van der Waals surface area (Å²) in [5.41, 5.74) is 0.629. The SMILES string of the molecule is CC.CN1CC2(C1)CN(CCO)C2. The smallest absolute Gasteiger partial charge is 0.0558 e. The normalized spacial score (nSPS) is 25.8. The molecule has 13 heavy (non-hydrogen) atoms. The van der Waals surface area contributed by atoms with Gasteiger partial charge in [-0.25, -0.2) is 0 Å². The summed E-state index contributed by atoms with van der Waals surface area (Å²) in [6, 6.07) is 0. The average molecular weight is 186 g/mol. The molecular weight excluding hydrogens is 164 g/mol. The quantitative estimate of drug-likeness (QED) is 0.670. The predicted molar refractivity (Wildman–Crippen MR) is 54.8 cm³/mol. The van der Waals surface area contributed by atoms with E-state index in [1.807, 2.05) is 13.8 Å². The highest BCUT2D eigenvalue weighted by molar-refractivity contribution is 5.04. The number of β-amino-alcohol motifs (C(OH)–C–C–N with tert-alkyl or cyclic N) is 1. The van der Waals surface area contributed by atoms with Crippen LogP contribution in [0.2, 0.25) is 0 Å². The Bertz CT molecular complexity index is 147. The monoisotopic (exact) mass is 186 g/mol. The molecule has 2 saturated heterocycles. The van der Waals surface area contributed by atoms with E-state index in [1.54, 1.807) is 0 Å². The lowest BCUT2D eigenvalue weighted by Gasteiger charge is -2.59. The molecule has 0 atom stereocenters. The maximum absolute atomic E-state index is 8.66. The molecule has 0 unspecified atom stereocenters. The first-order valence-electron chi connectivity index (χ1n) is 5.26. The van der Waals surface area contributed by atoms with Crippen molar-refractivity contribution in [2.75, 3.05) is 46.4 Å². The first-order chi connectivity index (χ1) is 6.24. The van der Waals surface area contributed by atoms with Crippen LogP contribution in [0.4, 0.5) is 0 Å². The Labute approximate surface area is 81.3 Å². The van der Waals surface area contributed by atoms with E-state index in [-0.39, 0.29) is 0 Å². The lowest BCUT2D eigenvalue weighted by Crippen LogP contribution is -2.71. The highest BCUT2D eigenvalue weighted by Gasteiger charge is 2.49. The number of aliphatic hydroxyl groups excluding tert-OH is 1. The van der Waals surface area contributed by atoms with Gasteiger partial charge in [-0.05, 0) is 7.05 Å². The van der Waals surface area contributed by atoms with E-state index in [2.05, 4.69) is 16.8 Å². The van der Waals surface area contributed by atoms with E-state index in [1.165, 1.54) is 26.2 Å². The molecule has 1 spiro atoms. The molecule has 3 heteroatoms. The molecule has 3 nitrogen and oxygen atoms in total. The highest BCUT2D eigenvalue weighted by Crippen LogP contribution is 2.37. The summed E-state index contributed by atoms with van der Waals surface area (Å²) in [6.45, 7) is 10.1.